The fourth-order valence-corrected chi connectivity index (χ4v) is 4.93. The first kappa shape index (κ1) is 23.8. The maximum Gasteiger partial charge on any atom is 0.328 e. The van der Waals surface area contributed by atoms with Crippen molar-refractivity contribution in [2.75, 3.05) is 0 Å². The number of nitrogens with one attached hydrogen (secondary N) is 1. The molecule has 0 atom stereocenters. The van der Waals surface area contributed by atoms with Gasteiger partial charge in [-0.25, -0.2) is 4.79 Å². The van der Waals surface area contributed by atoms with Gasteiger partial charge in [0, 0.05) is 21.7 Å². The van der Waals surface area contributed by atoms with Crippen molar-refractivity contribution in [3.8, 4) is 6.07 Å². The third-order valence-electron chi connectivity index (χ3n) is 6.15. The summed E-state index contributed by atoms with van der Waals surface area (Å²) >= 11 is 12.8. The predicted molar refractivity (Wildman–Crippen MR) is 139 cm³/mol. The first-order valence-corrected chi connectivity index (χ1v) is 11.9. The number of carboxylic acids is 1. The lowest BCUT2D eigenvalue weighted by molar-refractivity contribution is -0.131. The molecule has 0 saturated heterocycles. The number of carboxylic acid groups (broad SMARTS) is 1. The van der Waals surface area contributed by atoms with E-state index in [1.807, 2.05) is 18.2 Å². The molecule has 0 bridgehead atoms. The number of carbonyl (C=O) groups is 1. The van der Waals surface area contributed by atoms with Gasteiger partial charge < -0.3 is 5.11 Å². The highest BCUT2D eigenvalue weighted by Crippen LogP contribution is 2.50. The van der Waals surface area contributed by atoms with Gasteiger partial charge in [0.1, 0.15) is 6.07 Å². The van der Waals surface area contributed by atoms with E-state index in [0.29, 0.717) is 26.7 Å². The topological polar surface area (TPSA) is 89.8 Å². The highest BCUT2D eigenvalue weighted by Gasteiger charge is 2.33. The fourth-order valence-electron chi connectivity index (χ4n) is 4.42. The van der Waals surface area contributed by atoms with Gasteiger partial charge in [-0.2, -0.15) is 14.8 Å². The van der Waals surface area contributed by atoms with E-state index in [-0.39, 0.29) is 16.9 Å². The molecule has 0 spiro atoms. The van der Waals surface area contributed by atoms with Gasteiger partial charge >= 0.3 is 5.97 Å². The summed E-state index contributed by atoms with van der Waals surface area (Å²) in [4.78, 5) is 10.9. The molecule has 0 unspecified atom stereocenters. The third-order valence-corrected chi connectivity index (χ3v) is 6.70. The Bertz CT molecular complexity index is 1610. The van der Waals surface area contributed by atoms with Gasteiger partial charge in [0.05, 0.1) is 16.5 Å². The molecule has 3 aromatic carbocycles. The Kier molecular flexibility index (Phi) is 6.36. The summed E-state index contributed by atoms with van der Waals surface area (Å²) in [5.41, 5.74) is 5.09. The molecule has 1 heterocycles. The highest BCUT2D eigenvalue weighted by atomic mass is 35.5. The summed E-state index contributed by atoms with van der Waals surface area (Å²) in [6.45, 7) is 0. The molecule has 8 heteroatoms. The van der Waals surface area contributed by atoms with Gasteiger partial charge in [-0.1, -0.05) is 59.6 Å². The van der Waals surface area contributed by atoms with Crippen LogP contribution in [0.2, 0.25) is 10.0 Å². The quantitative estimate of drug-likeness (QED) is 0.206. The monoisotopic (exact) mass is 517 g/mol. The molecule has 0 amide bonds. The molecule has 0 aliphatic heterocycles. The molecule has 1 aliphatic rings. The number of allylic oxidation sites excluding steroid dienone is 1. The SMILES string of the molecule is N#Cc1c(C(=C(c2ccc(Cl)cc2Cl)C2CC2)c2ccc(C=CC(=O)O)cc2)ccc2n[nH]c(F)c12. The van der Waals surface area contributed by atoms with Crippen LogP contribution < -0.4 is 0 Å². The average molecular weight is 518 g/mol. The Labute approximate surface area is 216 Å². The minimum Gasteiger partial charge on any atom is -0.478 e. The van der Waals surface area contributed by atoms with Crippen molar-refractivity contribution in [2.24, 2.45) is 5.92 Å². The number of hydrogen-bond donors (Lipinski definition) is 2. The number of aromatic nitrogens is 2. The summed E-state index contributed by atoms with van der Waals surface area (Å²) in [5, 5.41) is 26.5. The number of aromatic amines is 1. The Hall–Kier alpha value is -3.92. The molecular formula is C28H18Cl2FN3O2. The van der Waals surface area contributed by atoms with E-state index >= 15 is 0 Å². The van der Waals surface area contributed by atoms with Crippen molar-refractivity contribution in [3.63, 3.8) is 0 Å². The van der Waals surface area contributed by atoms with Crippen LogP contribution in [0.15, 0.2) is 60.7 Å². The van der Waals surface area contributed by atoms with Crippen LogP contribution in [-0.2, 0) is 4.79 Å². The zero-order valence-corrected chi connectivity index (χ0v) is 20.2. The summed E-state index contributed by atoms with van der Waals surface area (Å²) in [7, 11) is 0. The molecule has 2 N–H and O–H groups in total. The van der Waals surface area contributed by atoms with Crippen LogP contribution in [0.25, 0.3) is 28.1 Å². The summed E-state index contributed by atoms with van der Waals surface area (Å²) in [6, 6.07) is 18.3. The molecule has 36 heavy (non-hydrogen) atoms. The van der Waals surface area contributed by atoms with E-state index < -0.39 is 11.9 Å². The van der Waals surface area contributed by atoms with E-state index in [0.717, 1.165) is 41.2 Å². The Morgan fingerprint density at radius 3 is 2.47 bits per heavy atom. The van der Waals surface area contributed by atoms with E-state index in [1.54, 1.807) is 36.4 Å². The van der Waals surface area contributed by atoms with Crippen molar-refractivity contribution < 1.29 is 14.3 Å². The normalized spacial score (nSPS) is 14.2. The number of nitriles is 1. The highest BCUT2D eigenvalue weighted by molar-refractivity contribution is 6.36. The lowest BCUT2D eigenvalue weighted by atomic mass is 9.84. The molecule has 1 fully saturated rings. The van der Waals surface area contributed by atoms with Gasteiger partial charge in [-0.3, -0.25) is 5.10 Å². The Morgan fingerprint density at radius 1 is 1.11 bits per heavy atom. The van der Waals surface area contributed by atoms with Crippen LogP contribution in [-0.4, -0.2) is 21.3 Å². The second kappa shape index (κ2) is 9.62. The zero-order chi connectivity index (χ0) is 25.4. The van der Waals surface area contributed by atoms with Gasteiger partial charge in [0.25, 0.3) is 0 Å². The van der Waals surface area contributed by atoms with E-state index in [2.05, 4.69) is 16.3 Å². The number of fused-ring (bicyclic) bond motifs is 1. The number of rotatable bonds is 6. The Balaban J connectivity index is 1.82. The second-order valence-electron chi connectivity index (χ2n) is 8.51. The number of hydrogen-bond acceptors (Lipinski definition) is 3. The van der Waals surface area contributed by atoms with Gasteiger partial charge in [-0.15, -0.1) is 0 Å². The van der Waals surface area contributed by atoms with Crippen molar-refractivity contribution in [1.29, 1.82) is 5.26 Å². The number of H-pyrrole nitrogens is 1. The van der Waals surface area contributed by atoms with Crippen LogP contribution in [0.5, 0.6) is 0 Å². The largest absolute Gasteiger partial charge is 0.478 e. The van der Waals surface area contributed by atoms with Crippen LogP contribution in [0.4, 0.5) is 4.39 Å². The third kappa shape index (κ3) is 4.51. The predicted octanol–water partition coefficient (Wildman–Crippen LogP) is 7.35. The van der Waals surface area contributed by atoms with Gasteiger partial charge in [-0.05, 0) is 70.9 Å². The molecule has 5 nitrogen and oxygen atoms in total. The maximum atomic E-state index is 14.7. The fraction of sp³-hybridized carbons (Fsp3) is 0.107. The smallest absolute Gasteiger partial charge is 0.328 e. The zero-order valence-electron chi connectivity index (χ0n) is 18.7. The van der Waals surface area contributed by atoms with Gasteiger partial charge in [0.15, 0.2) is 0 Å². The lowest BCUT2D eigenvalue weighted by Gasteiger charge is -2.19. The van der Waals surface area contributed by atoms with Crippen LogP contribution in [0.3, 0.4) is 0 Å². The maximum absolute atomic E-state index is 14.7. The van der Waals surface area contributed by atoms with Crippen LogP contribution in [0, 0.1) is 23.2 Å². The molecule has 1 saturated carbocycles. The average Bonchev–Trinajstić information content (AvgIpc) is 3.63. The van der Waals surface area contributed by atoms with E-state index in [1.165, 1.54) is 6.08 Å². The number of nitrogens with zero attached hydrogens (tertiary/aromatic N) is 2. The van der Waals surface area contributed by atoms with Crippen LogP contribution in [0.1, 0.15) is 40.7 Å². The molecular weight excluding hydrogens is 500 g/mol. The van der Waals surface area contributed by atoms with E-state index in [9.17, 15) is 14.4 Å². The van der Waals surface area contributed by atoms with Crippen molar-refractivity contribution in [2.45, 2.75) is 12.8 Å². The first-order chi connectivity index (χ1) is 17.4. The van der Waals surface area contributed by atoms with Crippen molar-refractivity contribution in [3.05, 3.63) is 104 Å². The molecule has 4 aromatic rings. The number of benzene rings is 3. The van der Waals surface area contributed by atoms with Crippen LogP contribution >= 0.6 is 23.2 Å². The second-order valence-corrected chi connectivity index (χ2v) is 9.36. The van der Waals surface area contributed by atoms with Crippen molar-refractivity contribution in [1.82, 2.24) is 10.2 Å². The van der Waals surface area contributed by atoms with Crippen molar-refractivity contribution >= 4 is 57.3 Å². The summed E-state index contributed by atoms with van der Waals surface area (Å²) in [5.74, 6) is -1.52. The Morgan fingerprint density at radius 2 is 1.83 bits per heavy atom. The number of aliphatic carboxylic acids is 1. The summed E-state index contributed by atoms with van der Waals surface area (Å²) < 4.78 is 14.7. The minimum absolute atomic E-state index is 0.130. The van der Waals surface area contributed by atoms with Gasteiger partial charge in [0.2, 0.25) is 5.95 Å². The lowest BCUT2D eigenvalue weighted by Crippen LogP contribution is -2.01. The number of halogens is 3. The molecule has 178 valence electrons. The molecule has 1 aromatic heterocycles. The molecule has 5 rings (SSSR count). The first-order valence-electron chi connectivity index (χ1n) is 11.2. The standard InChI is InChI=1S/C28H18Cl2FN3O2/c29-18-8-9-20(22(30)13-18)26(17-6-7-17)25(16-4-1-15(2-5-16)3-12-24(35)36)19-10-11-23-27(21(19)14-32)28(31)34-33-23/h1-5,8-13,17H,6-7H2,(H,33,34)(H,35,36). The molecule has 0 radical (unpaired) electrons. The summed E-state index contributed by atoms with van der Waals surface area (Å²) in [6.07, 6.45) is 4.46. The minimum atomic E-state index is -1.04. The molecule has 1 aliphatic carbocycles. The van der Waals surface area contributed by atoms with E-state index in [4.69, 9.17) is 28.3 Å².